The van der Waals surface area contributed by atoms with Crippen LogP contribution in [0.1, 0.15) is 17.2 Å². The van der Waals surface area contributed by atoms with E-state index >= 15 is 0 Å². The third-order valence-electron chi connectivity index (χ3n) is 2.63. The molecule has 0 aliphatic heterocycles. The molecule has 0 aliphatic rings. The third kappa shape index (κ3) is 2.61. The second-order valence-corrected chi connectivity index (χ2v) is 3.66. The minimum atomic E-state index is -0.0605. The van der Waals surface area contributed by atoms with Crippen LogP contribution in [0.3, 0.4) is 0 Å². The summed E-state index contributed by atoms with van der Waals surface area (Å²) >= 11 is 0. The van der Waals surface area contributed by atoms with Crippen LogP contribution >= 0.6 is 0 Å². The number of nitrogens with one attached hydrogen (secondary N) is 1. The van der Waals surface area contributed by atoms with Crippen LogP contribution in [0, 0.1) is 0 Å². The van der Waals surface area contributed by atoms with Crippen LogP contribution in [-0.4, -0.2) is 12.1 Å². The van der Waals surface area contributed by atoms with Gasteiger partial charge in [-0.25, -0.2) is 5.43 Å². The van der Waals surface area contributed by atoms with E-state index in [0.717, 1.165) is 16.9 Å². The van der Waals surface area contributed by atoms with Crippen molar-refractivity contribution in [2.24, 2.45) is 5.84 Å². The molecular formula is C13H15N3O. The Labute approximate surface area is 100 Å². The topological polar surface area (TPSA) is 60.2 Å². The monoisotopic (exact) mass is 229 g/mol. The first-order valence-corrected chi connectivity index (χ1v) is 5.35. The summed E-state index contributed by atoms with van der Waals surface area (Å²) in [5.41, 5.74) is 4.89. The molecule has 0 saturated carbocycles. The van der Waals surface area contributed by atoms with Crippen molar-refractivity contribution >= 4 is 0 Å². The van der Waals surface area contributed by atoms with Gasteiger partial charge >= 0.3 is 0 Å². The van der Waals surface area contributed by atoms with E-state index in [-0.39, 0.29) is 6.04 Å². The summed E-state index contributed by atoms with van der Waals surface area (Å²) in [6.45, 7) is 0. The summed E-state index contributed by atoms with van der Waals surface area (Å²) in [5, 5.41) is 0. The lowest BCUT2D eigenvalue weighted by Crippen LogP contribution is -2.28. The molecule has 2 aromatic rings. The molecule has 0 bridgehead atoms. The molecule has 4 heteroatoms. The van der Waals surface area contributed by atoms with Gasteiger partial charge in [-0.15, -0.1) is 0 Å². The Balaban J connectivity index is 2.29. The number of aromatic nitrogens is 1. The molecule has 2 rings (SSSR count). The molecule has 1 aromatic carbocycles. The number of pyridine rings is 1. The quantitative estimate of drug-likeness (QED) is 0.618. The fraction of sp³-hybridized carbons (Fsp3) is 0.154. The largest absolute Gasteiger partial charge is 0.497 e. The maximum atomic E-state index is 5.60. The Morgan fingerprint density at radius 2 is 1.94 bits per heavy atom. The lowest BCUT2D eigenvalue weighted by Gasteiger charge is -2.16. The van der Waals surface area contributed by atoms with Crippen molar-refractivity contribution in [3.63, 3.8) is 0 Å². The molecule has 3 N–H and O–H groups in total. The van der Waals surface area contributed by atoms with Crippen LogP contribution in [0.15, 0.2) is 48.8 Å². The van der Waals surface area contributed by atoms with E-state index < -0.39 is 0 Å². The standard InChI is InChI=1S/C13H15N3O/c1-17-12-6-4-10(5-7-12)13(16-14)11-3-2-8-15-9-11/h2-9,13,16H,14H2,1H3. The first kappa shape index (κ1) is 11.6. The van der Waals surface area contributed by atoms with Gasteiger partial charge in [0.2, 0.25) is 0 Å². The molecule has 0 radical (unpaired) electrons. The summed E-state index contributed by atoms with van der Waals surface area (Å²) in [5.74, 6) is 6.43. The SMILES string of the molecule is COc1ccc(C(NN)c2cccnc2)cc1. The molecule has 88 valence electrons. The number of hydrazine groups is 1. The summed E-state index contributed by atoms with van der Waals surface area (Å²) in [6, 6.07) is 11.6. The fourth-order valence-electron chi connectivity index (χ4n) is 1.73. The van der Waals surface area contributed by atoms with Crippen molar-refractivity contribution in [3.05, 3.63) is 59.9 Å². The maximum Gasteiger partial charge on any atom is 0.118 e. The highest BCUT2D eigenvalue weighted by Gasteiger charge is 2.11. The predicted molar refractivity (Wildman–Crippen MR) is 66.4 cm³/mol. The van der Waals surface area contributed by atoms with Crippen molar-refractivity contribution in [1.82, 2.24) is 10.4 Å². The van der Waals surface area contributed by atoms with Gasteiger partial charge in [0.15, 0.2) is 0 Å². The second-order valence-electron chi connectivity index (χ2n) is 3.66. The Kier molecular flexibility index (Phi) is 3.69. The van der Waals surface area contributed by atoms with Gasteiger partial charge in [0.05, 0.1) is 13.2 Å². The van der Waals surface area contributed by atoms with E-state index in [1.165, 1.54) is 0 Å². The average molecular weight is 229 g/mol. The molecule has 0 amide bonds. The number of hydrogen-bond acceptors (Lipinski definition) is 4. The average Bonchev–Trinajstić information content (AvgIpc) is 2.42. The van der Waals surface area contributed by atoms with Gasteiger partial charge in [0.25, 0.3) is 0 Å². The van der Waals surface area contributed by atoms with Gasteiger partial charge in [-0.1, -0.05) is 18.2 Å². The van der Waals surface area contributed by atoms with Gasteiger partial charge in [-0.2, -0.15) is 0 Å². The van der Waals surface area contributed by atoms with Crippen molar-refractivity contribution in [2.45, 2.75) is 6.04 Å². The van der Waals surface area contributed by atoms with E-state index in [0.29, 0.717) is 0 Å². The minimum Gasteiger partial charge on any atom is -0.497 e. The lowest BCUT2D eigenvalue weighted by molar-refractivity contribution is 0.414. The molecule has 0 aliphatic carbocycles. The third-order valence-corrected chi connectivity index (χ3v) is 2.63. The van der Waals surface area contributed by atoms with Crippen molar-refractivity contribution in [2.75, 3.05) is 7.11 Å². The lowest BCUT2D eigenvalue weighted by atomic mass is 10.0. The van der Waals surface area contributed by atoms with Crippen LogP contribution in [0.25, 0.3) is 0 Å². The van der Waals surface area contributed by atoms with Gasteiger partial charge in [-0.05, 0) is 29.3 Å². The summed E-state index contributed by atoms with van der Waals surface area (Å²) < 4.78 is 5.12. The molecule has 0 fully saturated rings. The number of benzene rings is 1. The Bertz CT molecular complexity index is 456. The van der Waals surface area contributed by atoms with Gasteiger partial charge in [0.1, 0.15) is 5.75 Å². The molecular weight excluding hydrogens is 214 g/mol. The zero-order chi connectivity index (χ0) is 12.1. The summed E-state index contributed by atoms with van der Waals surface area (Å²) in [6.07, 6.45) is 3.54. The molecule has 1 heterocycles. The highest BCUT2D eigenvalue weighted by Crippen LogP contribution is 2.22. The number of hydrogen-bond donors (Lipinski definition) is 2. The maximum absolute atomic E-state index is 5.60. The first-order chi connectivity index (χ1) is 8.35. The molecule has 0 saturated heterocycles. The van der Waals surface area contributed by atoms with Gasteiger partial charge in [-0.3, -0.25) is 10.8 Å². The van der Waals surface area contributed by atoms with Crippen LogP contribution in [0.4, 0.5) is 0 Å². The van der Waals surface area contributed by atoms with E-state index in [2.05, 4.69) is 10.4 Å². The van der Waals surface area contributed by atoms with Crippen LogP contribution in [-0.2, 0) is 0 Å². The highest BCUT2D eigenvalue weighted by atomic mass is 16.5. The summed E-state index contributed by atoms with van der Waals surface area (Å²) in [7, 11) is 1.65. The number of methoxy groups -OCH3 is 1. The van der Waals surface area contributed by atoms with Crippen molar-refractivity contribution in [1.29, 1.82) is 0 Å². The van der Waals surface area contributed by atoms with Crippen LogP contribution in [0.2, 0.25) is 0 Å². The number of rotatable bonds is 4. The van der Waals surface area contributed by atoms with Gasteiger partial charge in [0, 0.05) is 12.4 Å². The van der Waals surface area contributed by atoms with E-state index in [1.54, 1.807) is 19.5 Å². The zero-order valence-electron chi connectivity index (χ0n) is 9.63. The zero-order valence-corrected chi connectivity index (χ0v) is 9.63. The van der Waals surface area contributed by atoms with E-state index in [4.69, 9.17) is 10.6 Å². The molecule has 1 unspecified atom stereocenters. The van der Waals surface area contributed by atoms with E-state index in [1.807, 2.05) is 36.4 Å². The Morgan fingerprint density at radius 1 is 1.18 bits per heavy atom. The van der Waals surface area contributed by atoms with Gasteiger partial charge < -0.3 is 4.74 Å². The normalized spacial score (nSPS) is 12.1. The number of nitrogens with zero attached hydrogens (tertiary/aromatic N) is 1. The smallest absolute Gasteiger partial charge is 0.118 e. The first-order valence-electron chi connectivity index (χ1n) is 5.35. The summed E-state index contributed by atoms with van der Waals surface area (Å²) in [4.78, 5) is 4.09. The van der Waals surface area contributed by atoms with Crippen LogP contribution in [0.5, 0.6) is 5.75 Å². The highest BCUT2D eigenvalue weighted by molar-refractivity contribution is 5.34. The Hall–Kier alpha value is -1.91. The number of ether oxygens (including phenoxy) is 1. The molecule has 0 spiro atoms. The second kappa shape index (κ2) is 5.43. The van der Waals surface area contributed by atoms with E-state index in [9.17, 15) is 0 Å². The Morgan fingerprint density at radius 3 is 2.47 bits per heavy atom. The van der Waals surface area contributed by atoms with Crippen molar-refractivity contribution < 1.29 is 4.74 Å². The molecule has 1 atom stereocenters. The molecule has 1 aromatic heterocycles. The molecule has 4 nitrogen and oxygen atoms in total. The van der Waals surface area contributed by atoms with Crippen molar-refractivity contribution in [3.8, 4) is 5.75 Å². The van der Waals surface area contributed by atoms with Crippen LogP contribution < -0.4 is 16.0 Å². The fourth-order valence-corrected chi connectivity index (χ4v) is 1.73. The predicted octanol–water partition coefficient (Wildman–Crippen LogP) is 1.64. The minimum absolute atomic E-state index is 0.0605. The number of nitrogens with two attached hydrogens (primary N) is 1. The molecule has 17 heavy (non-hydrogen) atoms.